The molecule has 0 aliphatic carbocycles. The minimum Gasteiger partial charge on any atom is -0.351 e. The maximum Gasteiger partial charge on any atom is 0.322 e. The van der Waals surface area contributed by atoms with Crippen LogP contribution in [0.25, 0.3) is 0 Å². The highest BCUT2D eigenvalue weighted by molar-refractivity contribution is 6.30. The molecule has 0 radical (unpaired) electrons. The number of carbonyl (C=O) groups excluding carboxylic acids is 3. The number of benzene rings is 2. The number of carbonyl (C=O) groups is 3. The van der Waals surface area contributed by atoms with Gasteiger partial charge in [0.2, 0.25) is 5.91 Å². The molecule has 2 atom stereocenters. The van der Waals surface area contributed by atoms with Crippen LogP contribution in [0.5, 0.6) is 0 Å². The van der Waals surface area contributed by atoms with Gasteiger partial charge in [0.15, 0.2) is 0 Å². The molecular weight excluding hydrogens is 464 g/mol. The van der Waals surface area contributed by atoms with Gasteiger partial charge in [0.05, 0.1) is 23.9 Å². The number of halogens is 1. The number of urea groups is 1. The summed E-state index contributed by atoms with van der Waals surface area (Å²) in [5.41, 5.74) is 2.69. The second-order valence-corrected chi connectivity index (χ2v) is 8.80. The second kappa shape index (κ2) is 10.6. The first-order valence-corrected chi connectivity index (χ1v) is 11.7. The minimum atomic E-state index is -0.762. The van der Waals surface area contributed by atoms with Gasteiger partial charge in [-0.3, -0.25) is 14.5 Å². The summed E-state index contributed by atoms with van der Waals surface area (Å²) in [5.74, 6) is -0.566. The number of rotatable bonds is 9. The standard InChI is InChI=1S/C27H27ClN4O3/c1-3-14-29-25(33)21(16-18-8-6-5-7-9-18)32-17-22-23(26(32)34)24(19-10-12-20(28)13-11-19)30-27(35)31(22)15-4-2/h3-13,21,24H,1-2,14-17H2,(H,29,33)(H,30,35)/t21-,24-/m0/s1. The molecule has 180 valence electrons. The fourth-order valence-corrected chi connectivity index (χ4v) is 4.59. The zero-order valence-electron chi connectivity index (χ0n) is 19.2. The van der Waals surface area contributed by atoms with E-state index in [1.165, 1.54) is 4.90 Å². The molecule has 2 aliphatic rings. The summed E-state index contributed by atoms with van der Waals surface area (Å²) < 4.78 is 0. The van der Waals surface area contributed by atoms with Crippen molar-refractivity contribution in [3.05, 3.63) is 107 Å². The molecule has 0 unspecified atom stereocenters. The van der Waals surface area contributed by atoms with E-state index in [1.54, 1.807) is 41.3 Å². The summed E-state index contributed by atoms with van der Waals surface area (Å²) in [6.45, 7) is 8.08. The van der Waals surface area contributed by atoms with Crippen LogP contribution in [0, 0.1) is 0 Å². The van der Waals surface area contributed by atoms with Crippen molar-refractivity contribution in [2.75, 3.05) is 19.6 Å². The number of nitrogens with one attached hydrogen (secondary N) is 2. The Morgan fingerprint density at radius 2 is 1.83 bits per heavy atom. The maximum absolute atomic E-state index is 13.9. The second-order valence-electron chi connectivity index (χ2n) is 8.37. The van der Waals surface area contributed by atoms with Gasteiger partial charge >= 0.3 is 6.03 Å². The Kier molecular flexibility index (Phi) is 7.36. The molecule has 0 saturated carbocycles. The van der Waals surface area contributed by atoms with Gasteiger partial charge in [0.1, 0.15) is 6.04 Å². The molecule has 4 amide bonds. The molecule has 2 heterocycles. The van der Waals surface area contributed by atoms with Crippen molar-refractivity contribution in [1.29, 1.82) is 0 Å². The molecule has 2 aliphatic heterocycles. The third kappa shape index (κ3) is 5.00. The van der Waals surface area contributed by atoms with Gasteiger partial charge in [-0.05, 0) is 23.3 Å². The molecule has 2 N–H and O–H groups in total. The zero-order chi connectivity index (χ0) is 24.9. The quantitative estimate of drug-likeness (QED) is 0.527. The van der Waals surface area contributed by atoms with Gasteiger partial charge in [-0.15, -0.1) is 13.2 Å². The van der Waals surface area contributed by atoms with Crippen LogP contribution < -0.4 is 10.6 Å². The first-order valence-electron chi connectivity index (χ1n) is 11.4. The molecule has 2 aromatic rings. The van der Waals surface area contributed by atoms with Gasteiger partial charge in [-0.1, -0.05) is 66.2 Å². The van der Waals surface area contributed by atoms with Crippen molar-refractivity contribution < 1.29 is 14.4 Å². The molecule has 8 heteroatoms. The average Bonchev–Trinajstić information content (AvgIpc) is 3.20. The van der Waals surface area contributed by atoms with Gasteiger partial charge in [0, 0.05) is 24.5 Å². The van der Waals surface area contributed by atoms with E-state index in [9.17, 15) is 14.4 Å². The van der Waals surface area contributed by atoms with E-state index in [1.807, 2.05) is 30.3 Å². The summed E-state index contributed by atoms with van der Waals surface area (Å²) in [7, 11) is 0. The number of amides is 4. The van der Waals surface area contributed by atoms with Crippen LogP contribution in [0.1, 0.15) is 17.2 Å². The normalized spacial score (nSPS) is 18.1. The Balaban J connectivity index is 1.73. The lowest BCUT2D eigenvalue weighted by molar-refractivity contribution is -0.136. The summed E-state index contributed by atoms with van der Waals surface area (Å²) in [5, 5.41) is 6.32. The minimum absolute atomic E-state index is 0.137. The monoisotopic (exact) mass is 490 g/mol. The van der Waals surface area contributed by atoms with E-state index in [0.29, 0.717) is 22.7 Å². The molecule has 0 aromatic heterocycles. The topological polar surface area (TPSA) is 81.8 Å². The average molecular weight is 491 g/mol. The lowest BCUT2D eigenvalue weighted by atomic mass is 9.95. The Morgan fingerprint density at radius 3 is 2.49 bits per heavy atom. The van der Waals surface area contributed by atoms with Crippen molar-refractivity contribution in [2.24, 2.45) is 0 Å². The summed E-state index contributed by atoms with van der Waals surface area (Å²) in [6, 6.07) is 14.8. The molecule has 2 aromatic carbocycles. The first kappa shape index (κ1) is 24.3. The third-order valence-electron chi connectivity index (χ3n) is 6.14. The molecule has 0 saturated heterocycles. The number of hydrogen-bond donors (Lipinski definition) is 2. The predicted octanol–water partition coefficient (Wildman–Crippen LogP) is 3.60. The summed E-state index contributed by atoms with van der Waals surface area (Å²) in [6.07, 6.45) is 3.54. The Bertz CT molecular complexity index is 1180. The van der Waals surface area contributed by atoms with Gasteiger partial charge in [0.25, 0.3) is 5.91 Å². The fourth-order valence-electron chi connectivity index (χ4n) is 4.46. The largest absolute Gasteiger partial charge is 0.351 e. The predicted molar refractivity (Wildman–Crippen MR) is 136 cm³/mol. The van der Waals surface area contributed by atoms with Crippen LogP contribution in [0.15, 0.2) is 91.2 Å². The zero-order valence-corrected chi connectivity index (χ0v) is 20.0. The molecular formula is C27H27ClN4O3. The summed E-state index contributed by atoms with van der Waals surface area (Å²) >= 11 is 6.06. The Hall–Kier alpha value is -3.84. The van der Waals surface area contributed by atoms with Crippen LogP contribution in [-0.4, -0.2) is 53.3 Å². The van der Waals surface area contributed by atoms with Gasteiger partial charge < -0.3 is 15.5 Å². The highest BCUT2D eigenvalue weighted by Crippen LogP contribution is 2.37. The highest BCUT2D eigenvalue weighted by atomic mass is 35.5. The van der Waals surface area contributed by atoms with Crippen molar-refractivity contribution in [1.82, 2.24) is 20.4 Å². The molecule has 7 nitrogen and oxygen atoms in total. The van der Waals surface area contributed by atoms with E-state index in [-0.39, 0.29) is 37.5 Å². The van der Waals surface area contributed by atoms with Gasteiger partial charge in [-0.2, -0.15) is 0 Å². The Morgan fingerprint density at radius 1 is 1.11 bits per heavy atom. The van der Waals surface area contributed by atoms with Gasteiger partial charge in [-0.25, -0.2) is 4.79 Å². The van der Waals surface area contributed by atoms with E-state index in [0.717, 1.165) is 11.1 Å². The van der Waals surface area contributed by atoms with Crippen molar-refractivity contribution in [3.63, 3.8) is 0 Å². The number of nitrogens with zero attached hydrogens (tertiary/aromatic N) is 2. The summed E-state index contributed by atoms with van der Waals surface area (Å²) in [4.78, 5) is 43.2. The first-order chi connectivity index (χ1) is 16.9. The number of hydrogen-bond acceptors (Lipinski definition) is 3. The van der Waals surface area contributed by atoms with Crippen LogP contribution in [0.4, 0.5) is 4.79 Å². The lowest BCUT2D eigenvalue weighted by Gasteiger charge is -2.33. The van der Waals surface area contributed by atoms with Crippen LogP contribution in [-0.2, 0) is 16.0 Å². The van der Waals surface area contributed by atoms with Crippen LogP contribution in [0.2, 0.25) is 5.02 Å². The van der Waals surface area contributed by atoms with E-state index < -0.39 is 12.1 Å². The molecule has 4 rings (SSSR count). The van der Waals surface area contributed by atoms with E-state index in [2.05, 4.69) is 23.8 Å². The van der Waals surface area contributed by atoms with Crippen molar-refractivity contribution >= 4 is 29.4 Å². The highest BCUT2D eigenvalue weighted by Gasteiger charge is 2.46. The van der Waals surface area contributed by atoms with E-state index in [4.69, 9.17) is 11.6 Å². The lowest BCUT2D eigenvalue weighted by Crippen LogP contribution is -2.50. The van der Waals surface area contributed by atoms with Crippen molar-refractivity contribution in [3.8, 4) is 0 Å². The SMILES string of the molecule is C=CCNC(=O)[C@H](Cc1ccccc1)N1CC2=C(C1=O)[C@H](c1ccc(Cl)cc1)NC(=O)N2CC=C. The Labute approximate surface area is 209 Å². The molecule has 0 fully saturated rings. The van der Waals surface area contributed by atoms with E-state index >= 15 is 0 Å². The molecule has 0 bridgehead atoms. The maximum atomic E-state index is 13.9. The molecule has 35 heavy (non-hydrogen) atoms. The van der Waals surface area contributed by atoms with Crippen molar-refractivity contribution in [2.45, 2.75) is 18.5 Å². The smallest absolute Gasteiger partial charge is 0.322 e. The fraction of sp³-hybridized carbons (Fsp3) is 0.222. The third-order valence-corrected chi connectivity index (χ3v) is 6.39. The van der Waals surface area contributed by atoms with Crippen LogP contribution in [0.3, 0.4) is 0 Å². The molecule has 0 spiro atoms. The van der Waals surface area contributed by atoms with Crippen LogP contribution >= 0.6 is 11.6 Å².